The van der Waals surface area contributed by atoms with Crippen molar-refractivity contribution in [3.63, 3.8) is 0 Å². The van der Waals surface area contributed by atoms with E-state index in [-0.39, 0.29) is 12.4 Å². The predicted octanol–water partition coefficient (Wildman–Crippen LogP) is 5.33. The molecule has 4 aromatic carbocycles. The van der Waals surface area contributed by atoms with Crippen LogP contribution in [0.3, 0.4) is 0 Å². The molecule has 0 aliphatic heterocycles. The molecule has 0 amide bonds. The van der Waals surface area contributed by atoms with Crippen molar-refractivity contribution in [2.24, 2.45) is 0 Å². The topological polar surface area (TPSA) is 47.6 Å². The van der Waals surface area contributed by atoms with Gasteiger partial charge in [0.15, 0.2) is 0 Å². The Morgan fingerprint density at radius 1 is 0.765 bits per heavy atom. The molecule has 4 aromatic rings. The minimum atomic E-state index is -0.866. The number of benzene rings is 4. The molecule has 172 valence electrons. The summed E-state index contributed by atoms with van der Waals surface area (Å²) in [5.74, 6) is -0.359. The molecule has 4 nitrogen and oxygen atoms in total. The second-order valence-electron chi connectivity index (χ2n) is 7.83. The Hall–Kier alpha value is -3.96. The van der Waals surface area contributed by atoms with Crippen LogP contribution in [0.5, 0.6) is 5.75 Å². The molecule has 4 rings (SSSR count). The molecule has 0 radical (unpaired) electrons. The van der Waals surface area contributed by atoms with Gasteiger partial charge >= 0.3 is 5.97 Å². The Bertz CT molecular complexity index is 1090. The zero-order valence-corrected chi connectivity index (χ0v) is 18.9. The van der Waals surface area contributed by atoms with Crippen LogP contribution in [0, 0.1) is 5.82 Å². The molecule has 0 aliphatic carbocycles. The largest absolute Gasteiger partial charge is 0.491 e. The van der Waals surface area contributed by atoms with Crippen molar-refractivity contribution in [3.8, 4) is 5.75 Å². The number of rotatable bonds is 9. The summed E-state index contributed by atoms with van der Waals surface area (Å²) in [6.45, 7) is -0.00738. The molecule has 0 heterocycles. The van der Waals surface area contributed by atoms with Crippen LogP contribution in [0.1, 0.15) is 16.7 Å². The standard InChI is InChI=1S/C29H26FNO3/c1-33-28(32)27(21-34-26-19-17-25(30)18-20-26)31-29(22-11-5-2-6-12-22,23-13-7-3-8-14-23)24-15-9-4-10-16-24/h2-20,27,31H,21H2,1H3. The number of hydrogen-bond donors (Lipinski definition) is 1. The normalized spacial score (nSPS) is 12.1. The number of nitrogens with one attached hydrogen (secondary N) is 1. The van der Waals surface area contributed by atoms with E-state index in [0.29, 0.717) is 5.75 Å². The van der Waals surface area contributed by atoms with Crippen LogP contribution in [0.2, 0.25) is 0 Å². The second kappa shape index (κ2) is 10.8. The van der Waals surface area contributed by atoms with E-state index >= 15 is 0 Å². The molecule has 1 unspecified atom stereocenters. The van der Waals surface area contributed by atoms with Crippen LogP contribution in [-0.4, -0.2) is 25.7 Å². The van der Waals surface area contributed by atoms with E-state index < -0.39 is 17.6 Å². The van der Waals surface area contributed by atoms with Crippen LogP contribution >= 0.6 is 0 Å². The summed E-state index contributed by atoms with van der Waals surface area (Å²) in [6.07, 6.45) is 0. The van der Waals surface area contributed by atoms with Gasteiger partial charge in [-0.1, -0.05) is 91.0 Å². The van der Waals surface area contributed by atoms with Gasteiger partial charge in [0.1, 0.15) is 24.2 Å². The van der Waals surface area contributed by atoms with E-state index in [0.717, 1.165) is 16.7 Å². The van der Waals surface area contributed by atoms with E-state index in [9.17, 15) is 9.18 Å². The van der Waals surface area contributed by atoms with E-state index in [2.05, 4.69) is 5.32 Å². The van der Waals surface area contributed by atoms with E-state index in [1.807, 2.05) is 91.0 Å². The molecule has 1 atom stereocenters. The summed E-state index contributed by atoms with van der Waals surface area (Å²) in [5, 5.41) is 3.58. The average Bonchev–Trinajstić information content (AvgIpc) is 2.91. The third-order valence-corrected chi connectivity index (χ3v) is 5.73. The van der Waals surface area contributed by atoms with Gasteiger partial charge in [-0.15, -0.1) is 0 Å². The van der Waals surface area contributed by atoms with Crippen molar-refractivity contribution in [1.82, 2.24) is 5.32 Å². The maximum atomic E-state index is 13.3. The Labute approximate surface area is 199 Å². The first-order valence-electron chi connectivity index (χ1n) is 11.0. The number of carbonyl (C=O) groups is 1. The third kappa shape index (κ3) is 5.00. The zero-order valence-electron chi connectivity index (χ0n) is 18.9. The smallest absolute Gasteiger partial charge is 0.326 e. The minimum absolute atomic E-state index is 0.00738. The zero-order chi connectivity index (χ0) is 23.8. The number of methoxy groups -OCH3 is 1. The fraction of sp³-hybridized carbons (Fsp3) is 0.138. The minimum Gasteiger partial charge on any atom is -0.491 e. The summed E-state index contributed by atoms with van der Waals surface area (Å²) < 4.78 is 24.3. The predicted molar refractivity (Wildman–Crippen MR) is 130 cm³/mol. The van der Waals surface area contributed by atoms with E-state index in [1.54, 1.807) is 0 Å². The van der Waals surface area contributed by atoms with Gasteiger partial charge in [-0.25, -0.2) is 4.39 Å². The van der Waals surface area contributed by atoms with Gasteiger partial charge in [-0.05, 0) is 41.0 Å². The maximum absolute atomic E-state index is 13.3. The quantitative estimate of drug-likeness (QED) is 0.274. The molecule has 1 N–H and O–H groups in total. The number of esters is 1. The molecule has 0 aromatic heterocycles. The van der Waals surface area contributed by atoms with E-state index in [4.69, 9.17) is 9.47 Å². The first kappa shape index (κ1) is 23.2. The van der Waals surface area contributed by atoms with Gasteiger partial charge in [-0.3, -0.25) is 10.1 Å². The fourth-order valence-corrected chi connectivity index (χ4v) is 4.10. The molecule has 0 saturated heterocycles. The molecule has 34 heavy (non-hydrogen) atoms. The van der Waals surface area contributed by atoms with Crippen molar-refractivity contribution in [3.05, 3.63) is 138 Å². The summed E-state index contributed by atoms with van der Waals surface area (Å²) in [4.78, 5) is 12.9. The van der Waals surface area contributed by atoms with Gasteiger partial charge in [-0.2, -0.15) is 0 Å². The first-order chi connectivity index (χ1) is 16.6. The van der Waals surface area contributed by atoms with Crippen molar-refractivity contribution in [2.45, 2.75) is 11.6 Å². The maximum Gasteiger partial charge on any atom is 0.326 e. The highest BCUT2D eigenvalue weighted by Crippen LogP contribution is 2.37. The number of ether oxygens (including phenoxy) is 2. The molecule has 5 heteroatoms. The van der Waals surface area contributed by atoms with Gasteiger partial charge < -0.3 is 9.47 Å². The van der Waals surface area contributed by atoms with Crippen LogP contribution < -0.4 is 10.1 Å². The SMILES string of the molecule is COC(=O)C(COc1ccc(F)cc1)NC(c1ccccc1)(c1ccccc1)c1ccccc1. The second-order valence-corrected chi connectivity index (χ2v) is 7.83. The van der Waals surface area contributed by atoms with Gasteiger partial charge in [0.2, 0.25) is 0 Å². The van der Waals surface area contributed by atoms with Crippen molar-refractivity contribution in [1.29, 1.82) is 0 Å². The molecule has 0 bridgehead atoms. The lowest BCUT2D eigenvalue weighted by atomic mass is 9.76. The van der Waals surface area contributed by atoms with Crippen LogP contribution in [-0.2, 0) is 15.1 Å². The fourth-order valence-electron chi connectivity index (χ4n) is 4.10. The molecule has 0 saturated carbocycles. The van der Waals surface area contributed by atoms with Crippen molar-refractivity contribution in [2.75, 3.05) is 13.7 Å². The lowest BCUT2D eigenvalue weighted by Gasteiger charge is -2.39. The highest BCUT2D eigenvalue weighted by Gasteiger charge is 2.40. The lowest BCUT2D eigenvalue weighted by molar-refractivity contribution is -0.144. The highest BCUT2D eigenvalue weighted by atomic mass is 19.1. The Kier molecular flexibility index (Phi) is 7.35. The summed E-state index contributed by atoms with van der Waals surface area (Å²) in [7, 11) is 1.35. The molecular weight excluding hydrogens is 429 g/mol. The number of halogens is 1. The van der Waals surface area contributed by atoms with Crippen LogP contribution in [0.15, 0.2) is 115 Å². The molecule has 0 spiro atoms. The molecular formula is C29H26FNO3. The van der Waals surface area contributed by atoms with Crippen LogP contribution in [0.25, 0.3) is 0 Å². The van der Waals surface area contributed by atoms with E-state index in [1.165, 1.54) is 31.4 Å². The summed E-state index contributed by atoms with van der Waals surface area (Å²) in [6, 6.07) is 34.8. The monoisotopic (exact) mass is 455 g/mol. The number of carbonyl (C=O) groups excluding carboxylic acids is 1. The molecule has 0 aliphatic rings. The van der Waals surface area contributed by atoms with Gasteiger partial charge in [0.25, 0.3) is 0 Å². The van der Waals surface area contributed by atoms with Crippen molar-refractivity contribution < 1.29 is 18.7 Å². The lowest BCUT2D eigenvalue weighted by Crippen LogP contribution is -2.55. The van der Waals surface area contributed by atoms with Crippen molar-refractivity contribution >= 4 is 5.97 Å². The molecule has 0 fully saturated rings. The Morgan fingerprint density at radius 2 is 1.21 bits per heavy atom. The summed E-state index contributed by atoms with van der Waals surface area (Å²) >= 11 is 0. The summed E-state index contributed by atoms with van der Waals surface area (Å²) in [5.41, 5.74) is 2.02. The Morgan fingerprint density at radius 3 is 1.62 bits per heavy atom. The van der Waals surface area contributed by atoms with Gasteiger partial charge in [0, 0.05) is 0 Å². The van der Waals surface area contributed by atoms with Gasteiger partial charge in [0.05, 0.1) is 12.6 Å². The Balaban J connectivity index is 1.81. The number of hydrogen-bond acceptors (Lipinski definition) is 4. The average molecular weight is 456 g/mol. The highest BCUT2D eigenvalue weighted by molar-refractivity contribution is 5.76. The third-order valence-electron chi connectivity index (χ3n) is 5.73. The van der Waals surface area contributed by atoms with Crippen LogP contribution in [0.4, 0.5) is 4.39 Å². The first-order valence-corrected chi connectivity index (χ1v) is 11.0.